The Kier molecular flexibility index (Phi) is 5.30. The maximum absolute atomic E-state index is 6.34. The van der Waals surface area contributed by atoms with Crippen LogP contribution in [0.2, 0.25) is 0 Å². The third-order valence-corrected chi connectivity index (χ3v) is 7.15. The minimum Gasteiger partial charge on any atom is -0.462 e. The molecule has 1 aliphatic carbocycles. The zero-order chi connectivity index (χ0) is 20.5. The average molecular weight is 439 g/mol. The molecule has 0 spiro atoms. The molecule has 0 atom stereocenters. The van der Waals surface area contributed by atoms with Gasteiger partial charge in [0.15, 0.2) is 0 Å². The highest BCUT2D eigenvalue weighted by Gasteiger charge is 2.19. The number of hydrogen-bond acceptors (Lipinski definition) is 8. The second kappa shape index (κ2) is 8.23. The van der Waals surface area contributed by atoms with Gasteiger partial charge in [-0.3, -0.25) is 5.10 Å². The molecule has 0 amide bonds. The number of fused-ring (bicyclic) bond motifs is 3. The predicted molar refractivity (Wildman–Crippen MR) is 121 cm³/mol. The van der Waals surface area contributed by atoms with E-state index in [4.69, 9.17) is 15.1 Å². The molecule has 0 radical (unpaired) electrons. The lowest BCUT2D eigenvalue weighted by Gasteiger charge is -2.03. The van der Waals surface area contributed by atoms with Gasteiger partial charge in [-0.05, 0) is 62.5 Å². The molecular formula is C21H22N6OS2. The summed E-state index contributed by atoms with van der Waals surface area (Å²) in [6.07, 6.45) is 9.67. The quantitative estimate of drug-likeness (QED) is 0.333. The minimum atomic E-state index is 0.571. The van der Waals surface area contributed by atoms with Crippen molar-refractivity contribution in [1.29, 1.82) is 0 Å². The average Bonchev–Trinajstić information content (AvgIpc) is 3.40. The van der Waals surface area contributed by atoms with E-state index < -0.39 is 0 Å². The van der Waals surface area contributed by atoms with E-state index in [1.54, 1.807) is 11.3 Å². The zero-order valence-electron chi connectivity index (χ0n) is 16.6. The number of aryl methyl sites for hydroxylation is 3. The number of nitrogens with two attached hydrogens (primary N) is 1. The third kappa shape index (κ3) is 3.99. The van der Waals surface area contributed by atoms with Crippen molar-refractivity contribution >= 4 is 51.3 Å². The summed E-state index contributed by atoms with van der Waals surface area (Å²) in [7, 11) is 0. The molecule has 0 unspecified atom stereocenters. The van der Waals surface area contributed by atoms with E-state index in [1.165, 1.54) is 41.5 Å². The van der Waals surface area contributed by atoms with Crippen LogP contribution in [0, 0.1) is 6.92 Å². The number of H-pyrrole nitrogens is 1. The van der Waals surface area contributed by atoms with Crippen molar-refractivity contribution in [3.05, 3.63) is 45.7 Å². The normalized spacial score (nSPS) is 14.4. The van der Waals surface area contributed by atoms with Gasteiger partial charge in [-0.2, -0.15) is 0 Å². The van der Waals surface area contributed by atoms with Crippen molar-refractivity contribution < 1.29 is 4.42 Å². The molecule has 0 saturated heterocycles. The number of thioether (sulfide) groups is 1. The molecule has 0 aromatic carbocycles. The molecular weight excluding hydrogens is 416 g/mol. The van der Waals surface area contributed by atoms with Gasteiger partial charge in [-0.25, -0.2) is 15.0 Å². The molecule has 3 N–H and O–H groups in total. The Morgan fingerprint density at radius 2 is 2.07 bits per heavy atom. The summed E-state index contributed by atoms with van der Waals surface area (Å²) in [6, 6.07) is 3.84. The van der Waals surface area contributed by atoms with Crippen LogP contribution >= 0.6 is 23.1 Å². The van der Waals surface area contributed by atoms with Crippen LogP contribution in [0.4, 0.5) is 5.82 Å². The van der Waals surface area contributed by atoms with Gasteiger partial charge in [0.05, 0.1) is 11.1 Å². The predicted octanol–water partition coefficient (Wildman–Crippen LogP) is 5.02. The molecule has 4 aromatic heterocycles. The van der Waals surface area contributed by atoms with Gasteiger partial charge in [0.25, 0.3) is 0 Å². The van der Waals surface area contributed by atoms with Crippen LogP contribution < -0.4 is 5.73 Å². The fourth-order valence-electron chi connectivity index (χ4n) is 3.70. The van der Waals surface area contributed by atoms with E-state index in [0.29, 0.717) is 22.6 Å². The standard InChI is InChI=1S/C21H22N6OS2/c1-12-7-8-13(28-12)9-10-16-25-21(27-26-16)29-11-17-23-19(22)18-14-5-3-2-4-6-15(14)30-20(18)24-17/h7-10H,2-6,11H2,1H3,(H2,22,23,24)(H,25,26,27)/b10-9+. The molecule has 154 valence electrons. The van der Waals surface area contributed by atoms with Crippen LogP contribution in [-0.2, 0) is 18.6 Å². The van der Waals surface area contributed by atoms with Crippen LogP contribution in [0.1, 0.15) is 52.9 Å². The van der Waals surface area contributed by atoms with Crippen LogP contribution in [0.3, 0.4) is 0 Å². The number of nitrogens with zero attached hydrogens (tertiary/aromatic N) is 4. The molecule has 9 heteroatoms. The summed E-state index contributed by atoms with van der Waals surface area (Å²) in [4.78, 5) is 16.3. The first-order valence-corrected chi connectivity index (χ1v) is 11.8. The van der Waals surface area contributed by atoms with Crippen LogP contribution in [-0.4, -0.2) is 25.1 Å². The lowest BCUT2D eigenvalue weighted by atomic mass is 10.1. The molecule has 0 bridgehead atoms. The Hall–Kier alpha value is -2.65. The first-order chi connectivity index (χ1) is 14.7. The number of furan rings is 1. The topological polar surface area (TPSA) is 107 Å². The zero-order valence-corrected chi connectivity index (χ0v) is 18.3. The van der Waals surface area contributed by atoms with Crippen LogP contribution in [0.5, 0.6) is 0 Å². The summed E-state index contributed by atoms with van der Waals surface area (Å²) in [5.41, 5.74) is 7.71. The van der Waals surface area contributed by atoms with Crippen molar-refractivity contribution in [1.82, 2.24) is 25.1 Å². The van der Waals surface area contributed by atoms with Crippen molar-refractivity contribution in [2.45, 2.75) is 49.9 Å². The Morgan fingerprint density at radius 1 is 1.17 bits per heavy atom. The van der Waals surface area contributed by atoms with Gasteiger partial charge >= 0.3 is 0 Å². The Bertz CT molecular complexity index is 1220. The Morgan fingerprint density at radius 3 is 2.93 bits per heavy atom. The molecule has 4 heterocycles. The summed E-state index contributed by atoms with van der Waals surface area (Å²) in [6.45, 7) is 1.92. The molecule has 0 fully saturated rings. The first-order valence-electron chi connectivity index (χ1n) is 10.0. The van der Waals surface area contributed by atoms with E-state index in [-0.39, 0.29) is 0 Å². The largest absolute Gasteiger partial charge is 0.462 e. The van der Waals surface area contributed by atoms with E-state index in [2.05, 4.69) is 20.2 Å². The second-order valence-electron chi connectivity index (χ2n) is 7.34. The number of aromatic nitrogens is 5. The SMILES string of the molecule is Cc1ccc(/C=C/c2nc(SCc3nc(N)c4c5c(sc4n3)CCCCC5)n[nH]2)o1. The smallest absolute Gasteiger partial charge is 0.209 e. The Labute approximate surface area is 182 Å². The van der Waals surface area contributed by atoms with Gasteiger partial charge in [-0.1, -0.05) is 18.2 Å². The van der Waals surface area contributed by atoms with Crippen LogP contribution in [0.25, 0.3) is 22.4 Å². The van der Waals surface area contributed by atoms with Crippen molar-refractivity contribution in [3.63, 3.8) is 0 Å². The monoisotopic (exact) mass is 438 g/mol. The molecule has 7 nitrogen and oxygen atoms in total. The second-order valence-corrected chi connectivity index (χ2v) is 9.37. The number of hydrogen-bond donors (Lipinski definition) is 2. The van der Waals surface area contributed by atoms with E-state index in [9.17, 15) is 0 Å². The number of aromatic amines is 1. The number of thiophene rings is 1. The summed E-state index contributed by atoms with van der Waals surface area (Å²) in [5, 5.41) is 8.90. The van der Waals surface area contributed by atoms with E-state index in [0.717, 1.165) is 40.4 Å². The van der Waals surface area contributed by atoms with Crippen molar-refractivity contribution in [3.8, 4) is 0 Å². The number of anilines is 1. The maximum Gasteiger partial charge on any atom is 0.209 e. The van der Waals surface area contributed by atoms with Gasteiger partial charge < -0.3 is 10.2 Å². The molecule has 1 aliphatic rings. The summed E-state index contributed by atoms with van der Waals surface area (Å²) >= 11 is 3.27. The van der Waals surface area contributed by atoms with E-state index >= 15 is 0 Å². The summed E-state index contributed by atoms with van der Waals surface area (Å²) in [5.74, 6) is 4.22. The molecule has 4 aromatic rings. The first kappa shape index (κ1) is 19.3. The molecule has 0 saturated carbocycles. The Balaban J connectivity index is 1.29. The highest BCUT2D eigenvalue weighted by molar-refractivity contribution is 7.98. The van der Waals surface area contributed by atoms with Crippen LogP contribution in [0.15, 0.2) is 21.7 Å². The van der Waals surface area contributed by atoms with Crippen molar-refractivity contribution in [2.24, 2.45) is 0 Å². The fourth-order valence-corrected chi connectivity index (χ4v) is 5.65. The highest BCUT2D eigenvalue weighted by Crippen LogP contribution is 2.37. The minimum absolute atomic E-state index is 0.571. The number of nitrogen functional groups attached to an aromatic ring is 1. The third-order valence-electron chi connectivity index (χ3n) is 5.12. The van der Waals surface area contributed by atoms with Gasteiger partial charge in [-0.15, -0.1) is 16.4 Å². The lowest BCUT2D eigenvalue weighted by Crippen LogP contribution is -2.00. The van der Waals surface area contributed by atoms with Crippen molar-refractivity contribution in [2.75, 3.05) is 5.73 Å². The van der Waals surface area contributed by atoms with Gasteiger partial charge in [0.2, 0.25) is 5.16 Å². The maximum atomic E-state index is 6.34. The van der Waals surface area contributed by atoms with Gasteiger partial charge in [0, 0.05) is 4.88 Å². The van der Waals surface area contributed by atoms with E-state index in [1.807, 2.05) is 31.2 Å². The van der Waals surface area contributed by atoms with Gasteiger partial charge in [0.1, 0.15) is 33.8 Å². The molecule has 5 rings (SSSR count). The lowest BCUT2D eigenvalue weighted by molar-refractivity contribution is 0.525. The summed E-state index contributed by atoms with van der Waals surface area (Å²) < 4.78 is 5.52. The fraction of sp³-hybridized carbons (Fsp3) is 0.333. The molecule has 0 aliphatic heterocycles. The molecule has 30 heavy (non-hydrogen) atoms. The number of nitrogens with one attached hydrogen (secondary N) is 1. The highest BCUT2D eigenvalue weighted by atomic mass is 32.2. The number of rotatable bonds is 5.